The number of carbonyl (C=O) groups is 1. The van der Waals surface area contributed by atoms with E-state index in [9.17, 15) is 13.2 Å². The maximum atomic E-state index is 12.6. The van der Waals surface area contributed by atoms with Crippen molar-refractivity contribution in [2.24, 2.45) is 5.92 Å². The first-order valence-electron chi connectivity index (χ1n) is 45.4. The lowest BCUT2D eigenvalue weighted by atomic mass is 9.79. The Kier molecular flexibility index (Phi) is 26.8. The minimum atomic E-state index is -3.41. The third-order valence-electron chi connectivity index (χ3n) is 26.3. The van der Waals surface area contributed by atoms with Crippen molar-refractivity contribution in [3.63, 3.8) is 0 Å². The molecule has 1 fully saturated rings. The molecule has 1 saturated carbocycles. The second-order valence-corrected chi connectivity index (χ2v) is 39.1. The molecule has 0 bridgehead atoms. The molecule has 5 unspecified atom stereocenters. The summed E-state index contributed by atoms with van der Waals surface area (Å²) in [6, 6.07) is 76.7. The second-order valence-electron chi connectivity index (χ2n) is 35.0. The molecule has 25 heteroatoms. The molecule has 12 heterocycles. The Morgan fingerprint density at radius 1 is 0.481 bits per heavy atom. The van der Waals surface area contributed by atoms with E-state index >= 15 is 0 Å². The van der Waals surface area contributed by atoms with Gasteiger partial charge in [-0.05, 0) is 273 Å². The predicted octanol–water partition coefficient (Wildman–Crippen LogP) is 25.1. The highest BCUT2D eigenvalue weighted by Gasteiger charge is 2.41. The van der Waals surface area contributed by atoms with Crippen molar-refractivity contribution in [2.45, 2.75) is 141 Å². The van der Waals surface area contributed by atoms with Crippen LogP contribution in [0.2, 0.25) is 25.1 Å². The van der Waals surface area contributed by atoms with Crippen LogP contribution < -0.4 is 29.6 Å². The molecule has 131 heavy (non-hydrogen) atoms. The number of aromatic nitrogens is 5. The summed E-state index contributed by atoms with van der Waals surface area (Å²) in [5.74, 6) is 5.06. The van der Waals surface area contributed by atoms with Crippen LogP contribution in [0.3, 0.4) is 0 Å². The van der Waals surface area contributed by atoms with Gasteiger partial charge in [0.05, 0.1) is 62.0 Å². The minimum Gasteiger partial charge on any atom is -0.491 e. The zero-order chi connectivity index (χ0) is 90.0. The van der Waals surface area contributed by atoms with Crippen molar-refractivity contribution in [1.29, 1.82) is 0 Å². The molecule has 7 aliphatic rings. The maximum Gasteiger partial charge on any atom is 0.410 e. The molecule has 5 atom stereocenters. The highest BCUT2D eigenvalue weighted by Crippen LogP contribution is 2.48. The number of nitrogens with one attached hydrogen (secondary N) is 7. The molecule has 1 amide bonds. The molecule has 674 valence electrons. The first-order valence-corrected chi connectivity index (χ1v) is 49.1. The van der Waals surface area contributed by atoms with E-state index in [1.807, 2.05) is 189 Å². The minimum absolute atomic E-state index is 0.0774. The van der Waals surface area contributed by atoms with Gasteiger partial charge in [0.1, 0.15) is 23.9 Å². The zero-order valence-corrected chi connectivity index (χ0v) is 78.1. The van der Waals surface area contributed by atoms with Crippen molar-refractivity contribution < 1.29 is 41.3 Å². The molecule has 19 nitrogen and oxygen atoms in total. The van der Waals surface area contributed by atoms with Gasteiger partial charge >= 0.3 is 6.09 Å². The molecule has 6 aromatic heterocycles. The van der Waals surface area contributed by atoms with Gasteiger partial charge in [-0.15, -0.1) is 0 Å². The summed E-state index contributed by atoms with van der Waals surface area (Å²) in [5.41, 5.74) is 23.6. The fourth-order valence-corrected chi connectivity index (χ4v) is 22.3. The normalized spacial score (nSPS) is 18.2. The molecule has 0 radical (unpaired) electrons. The average molecular weight is 1870 g/mol. The van der Waals surface area contributed by atoms with E-state index in [1.54, 1.807) is 10.6 Å². The molecule has 7 N–H and O–H groups in total. The number of hydrogen-bond acceptors (Lipinski definition) is 12. The molecule has 16 aromatic rings. The van der Waals surface area contributed by atoms with Gasteiger partial charge in [-0.1, -0.05) is 168 Å². The maximum absolute atomic E-state index is 12.6. The van der Waals surface area contributed by atoms with Gasteiger partial charge in [-0.3, -0.25) is 9.80 Å². The average Bonchev–Trinajstić information content (AvgIpc) is 1.60. The van der Waals surface area contributed by atoms with E-state index in [1.165, 1.54) is 116 Å². The summed E-state index contributed by atoms with van der Waals surface area (Å²) < 4.78 is 60.4. The monoisotopic (exact) mass is 1870 g/mol. The van der Waals surface area contributed by atoms with E-state index in [0.717, 1.165) is 174 Å². The van der Waals surface area contributed by atoms with E-state index in [4.69, 9.17) is 86.1 Å². The number of halogens is 5. The molecule has 0 saturated heterocycles. The van der Waals surface area contributed by atoms with E-state index < -0.39 is 16.1 Å². The van der Waals surface area contributed by atoms with E-state index in [0.29, 0.717) is 50.6 Å². The molecule has 10 aromatic carbocycles. The van der Waals surface area contributed by atoms with Gasteiger partial charge in [0.25, 0.3) is 0 Å². The Morgan fingerprint density at radius 2 is 0.962 bits per heavy atom. The van der Waals surface area contributed by atoms with Crippen LogP contribution in [0.4, 0.5) is 4.79 Å². The summed E-state index contributed by atoms with van der Waals surface area (Å²) in [4.78, 5) is 34.9. The summed E-state index contributed by atoms with van der Waals surface area (Å²) >= 11 is 31.1. The summed E-state index contributed by atoms with van der Waals surface area (Å²) in [6.07, 6.45) is 15.0. The fourth-order valence-electron chi connectivity index (χ4n) is 20.4. The number of aromatic amines is 5. The number of nitrogens with zero attached hydrogens (tertiary/aromatic N) is 3. The lowest BCUT2D eigenvalue weighted by molar-refractivity contribution is 0.0857. The van der Waals surface area contributed by atoms with Crippen LogP contribution in [-0.4, -0.2) is 112 Å². The van der Waals surface area contributed by atoms with Gasteiger partial charge in [0.2, 0.25) is 16.8 Å². The first kappa shape index (κ1) is 89.1. The molecular weight excluding hydrogens is 1770 g/mol. The van der Waals surface area contributed by atoms with Gasteiger partial charge in [0, 0.05) is 141 Å². The quantitative estimate of drug-likeness (QED) is 0.0509. The van der Waals surface area contributed by atoms with Gasteiger partial charge < -0.3 is 63.7 Å². The summed E-state index contributed by atoms with van der Waals surface area (Å²) in [7, 11) is -3.41. The largest absolute Gasteiger partial charge is 0.491 e. The number of H-pyrrole nitrogens is 5. The van der Waals surface area contributed by atoms with Gasteiger partial charge in [-0.2, -0.15) is 4.31 Å². The fraction of sp³-hybridized carbons (Fsp3) is 0.292. The van der Waals surface area contributed by atoms with Gasteiger partial charge in [-0.25, -0.2) is 13.2 Å². The van der Waals surface area contributed by atoms with E-state index in [-0.39, 0.29) is 30.3 Å². The third-order valence-corrected chi connectivity index (χ3v) is 28.7. The molecule has 0 spiro atoms. The zero-order valence-electron chi connectivity index (χ0n) is 73.5. The highest BCUT2D eigenvalue weighted by molar-refractivity contribution is 7.88. The van der Waals surface area contributed by atoms with Crippen molar-refractivity contribution in [2.75, 3.05) is 52.4 Å². The number of rotatable bonds is 15. The Labute approximate surface area is 787 Å². The SMILES string of the molecule is CC(C)Oc1ccc(C2NCCc3c2[nH]c2ccc(Cl)cc32)cc1.CCOC(=O)N1CCc2c([nH]c3ccc(Cl)cc23)C1Cc1ccccc1.CS(=O)(=O)N1CCc2c([nH]c3ccc(Cl)cc23)C1c1ccc(OCc2ccccc2)cc1.Clc1ccc2[nH]c3c(c2c1)CCN(Cc1ccco1)C3C1CCCCC1.Clc1ccc2[nH]c3c(c2c1)CCNC3c1ccc2c(c1)OCO2. The number of furan rings is 1. The number of benzene rings is 10. The number of carbonyl (C=O) groups excluding carboxylic acids is 1. The lowest BCUT2D eigenvalue weighted by Gasteiger charge is -2.41. The number of ether oxygens (including phenoxy) is 5. The summed E-state index contributed by atoms with van der Waals surface area (Å²) in [5, 5.41) is 17.0. The summed E-state index contributed by atoms with van der Waals surface area (Å²) in [6.45, 7) is 12.0. The molecular formula is C106H105Cl5N10O9S. The van der Waals surface area contributed by atoms with Crippen LogP contribution >= 0.6 is 58.0 Å². The standard InChI is InChI=1S/C25H23ClN2O3S.C22H25ClN2O.C21H21ClN2O2.C20H21ClN2O.C18H15ClN2O2/c1-32(29,30)28-14-13-21-22-15-19(26)9-12-23(22)27-24(21)25(28)18-7-10-20(11-8-18)31-16-17-5-3-2-4-6-17;23-16-8-9-20-19(13-16)18-10-11-25(14-17-7-4-12-26-17)22(21(18)24-20)15-5-2-1-3-6-15;1-2-26-21(25)24-11-10-16-17-13-15(22)8-9-18(17)23-20(16)19(24)12-14-6-4-3-5-7-14;1-12(2)24-15-6-3-13(4-7-15)19-20-16(9-10-22-19)17-11-14(21)5-8-18(17)23-20;19-11-2-3-14-13(8-11)12-5-6-20-17(18(12)21-14)10-1-4-15-16(7-10)23-9-22-15/h2-12,15,25,27H,13-14,16H2,1H3;4,7-9,12-13,15,22,24H,1-3,5-6,10-11,14H2;3-9,13,19,23H,2,10-12H2,1H3;3-8,11-12,19,22-23H,9-10H2,1-2H3;1-4,7-8,17,20-21H,5-6,9H2. The molecule has 6 aliphatic heterocycles. The van der Waals surface area contributed by atoms with Crippen LogP contribution in [0.5, 0.6) is 23.0 Å². The topological polar surface area (TPSA) is 223 Å². The smallest absolute Gasteiger partial charge is 0.410 e. The van der Waals surface area contributed by atoms with Crippen LogP contribution in [0.1, 0.15) is 173 Å². The Balaban J connectivity index is 0.000000106. The van der Waals surface area contributed by atoms with Crippen molar-refractivity contribution in [3.8, 4) is 23.0 Å². The number of hydrogen-bond donors (Lipinski definition) is 7. The van der Waals surface area contributed by atoms with Crippen LogP contribution in [0.15, 0.2) is 241 Å². The third kappa shape index (κ3) is 19.5. The highest BCUT2D eigenvalue weighted by atomic mass is 35.5. The Morgan fingerprint density at radius 3 is 1.51 bits per heavy atom. The van der Waals surface area contributed by atoms with Crippen LogP contribution in [0, 0.1) is 5.92 Å². The van der Waals surface area contributed by atoms with Crippen molar-refractivity contribution in [3.05, 3.63) is 352 Å². The first-order chi connectivity index (χ1) is 63.8. The lowest BCUT2D eigenvalue weighted by Crippen LogP contribution is -2.41. The molecule has 1 aliphatic carbocycles. The van der Waals surface area contributed by atoms with E-state index in [2.05, 4.69) is 107 Å². The number of fused-ring (bicyclic) bond motifs is 16. The molecule has 23 rings (SSSR count). The van der Waals surface area contributed by atoms with Crippen LogP contribution in [0.25, 0.3) is 54.5 Å². The number of amides is 1. The Bertz CT molecular complexity index is 6870. The second kappa shape index (κ2) is 39.4. The Hall–Kier alpha value is -11.1. The van der Waals surface area contributed by atoms with Crippen molar-refractivity contribution in [1.82, 2.24) is 49.7 Å². The predicted molar refractivity (Wildman–Crippen MR) is 525 cm³/mol. The van der Waals surface area contributed by atoms with Crippen molar-refractivity contribution >= 4 is 129 Å². The number of sulfonamides is 1. The van der Waals surface area contributed by atoms with Crippen LogP contribution in [-0.2, 0) is 66.4 Å². The van der Waals surface area contributed by atoms with Gasteiger partial charge in [0.15, 0.2) is 11.5 Å².